The molecule has 1 aromatic carbocycles. The average molecular weight is 311 g/mol. The Morgan fingerprint density at radius 3 is 2.53 bits per heavy atom. The minimum Gasteiger partial charge on any atom is -0.325 e. The van der Waals surface area contributed by atoms with Crippen LogP contribution in [0.1, 0.15) is 24.6 Å². The largest absolute Gasteiger partial charge is 0.325 e. The van der Waals surface area contributed by atoms with Crippen LogP contribution in [0, 0.1) is 0 Å². The molecular weight excluding hydrogens is 296 g/mol. The Bertz CT molecular complexity index is 491. The second-order valence-corrected chi connectivity index (χ2v) is 6.21. The number of nitrogens with two attached hydrogens (primary N) is 1. The monoisotopic (exact) mass is 310 g/mol. The number of hydrogen-bond donors (Lipinski definition) is 1. The summed E-state index contributed by atoms with van der Waals surface area (Å²) in [6, 6.07) is 8.62. The summed E-state index contributed by atoms with van der Waals surface area (Å²) in [4.78, 5) is 4.52. The summed E-state index contributed by atoms with van der Waals surface area (Å²) in [7, 11) is 0. The van der Waals surface area contributed by atoms with Crippen molar-refractivity contribution in [1.82, 2.24) is 4.98 Å². The first kappa shape index (κ1) is 12.7. The van der Waals surface area contributed by atoms with Crippen molar-refractivity contribution < 1.29 is 0 Å². The molecule has 0 spiro atoms. The molecule has 1 aromatic heterocycles. The molecule has 2 N–H and O–H groups in total. The highest BCUT2D eigenvalue weighted by atomic mass is 79.9. The van der Waals surface area contributed by atoms with Gasteiger partial charge in [-0.15, -0.1) is 11.3 Å². The molecule has 0 amide bonds. The Labute approximate surface area is 114 Å². The molecule has 0 fully saturated rings. The van der Waals surface area contributed by atoms with E-state index in [1.165, 1.54) is 12.0 Å². The maximum absolute atomic E-state index is 5.62. The van der Waals surface area contributed by atoms with Gasteiger partial charge in [0, 0.05) is 12.1 Å². The maximum atomic E-state index is 5.62. The van der Waals surface area contributed by atoms with Crippen molar-refractivity contribution in [2.75, 3.05) is 0 Å². The predicted molar refractivity (Wildman–Crippen MR) is 77.1 cm³/mol. The van der Waals surface area contributed by atoms with E-state index in [-0.39, 0.29) is 0 Å². The molecule has 0 atom stereocenters. The number of halogens is 1. The molecule has 0 aliphatic carbocycles. The van der Waals surface area contributed by atoms with Crippen molar-refractivity contribution in [1.29, 1.82) is 0 Å². The van der Waals surface area contributed by atoms with Gasteiger partial charge in [0.15, 0.2) is 0 Å². The summed E-state index contributed by atoms with van der Waals surface area (Å²) in [6.07, 6.45) is 2.31. The van der Waals surface area contributed by atoms with Gasteiger partial charge in [0.25, 0.3) is 0 Å². The van der Waals surface area contributed by atoms with Crippen LogP contribution in [-0.4, -0.2) is 4.98 Å². The number of rotatable bonds is 4. The fraction of sp³-hybridized carbons (Fsp3) is 0.308. The number of nitrogens with zero attached hydrogens (tertiary/aromatic N) is 1. The number of aromatic nitrogens is 1. The number of aryl methyl sites for hydroxylation is 1. The van der Waals surface area contributed by atoms with E-state index < -0.39 is 0 Å². The third-order valence-electron chi connectivity index (χ3n) is 2.58. The Balaban J connectivity index is 2.26. The van der Waals surface area contributed by atoms with E-state index in [0.717, 1.165) is 26.5 Å². The second-order valence-electron chi connectivity index (χ2n) is 3.89. The lowest BCUT2D eigenvalue weighted by atomic mass is 10.1. The summed E-state index contributed by atoms with van der Waals surface area (Å²) in [6.45, 7) is 2.67. The smallest absolute Gasteiger partial charge is 0.124 e. The second kappa shape index (κ2) is 5.76. The van der Waals surface area contributed by atoms with E-state index in [0.29, 0.717) is 6.54 Å². The molecule has 2 aromatic rings. The summed E-state index contributed by atoms with van der Waals surface area (Å²) >= 11 is 5.13. The van der Waals surface area contributed by atoms with E-state index in [1.54, 1.807) is 11.3 Å². The molecule has 0 saturated carbocycles. The van der Waals surface area contributed by atoms with Crippen LogP contribution in [0.25, 0.3) is 10.6 Å². The molecule has 0 bridgehead atoms. The van der Waals surface area contributed by atoms with Crippen LogP contribution in [0.15, 0.2) is 28.1 Å². The summed E-state index contributed by atoms with van der Waals surface area (Å²) < 4.78 is 1.03. The zero-order valence-electron chi connectivity index (χ0n) is 9.74. The lowest BCUT2D eigenvalue weighted by Gasteiger charge is -2.00. The third kappa shape index (κ3) is 2.94. The van der Waals surface area contributed by atoms with Crippen molar-refractivity contribution in [2.45, 2.75) is 26.3 Å². The van der Waals surface area contributed by atoms with Gasteiger partial charge in [-0.05, 0) is 27.9 Å². The van der Waals surface area contributed by atoms with Crippen molar-refractivity contribution in [3.05, 3.63) is 39.3 Å². The molecule has 4 heteroatoms. The van der Waals surface area contributed by atoms with Crippen LogP contribution < -0.4 is 5.73 Å². The van der Waals surface area contributed by atoms with E-state index in [2.05, 4.69) is 52.1 Å². The third-order valence-corrected chi connectivity index (χ3v) is 4.46. The molecule has 0 aliphatic heterocycles. The first-order valence-corrected chi connectivity index (χ1v) is 7.30. The fourth-order valence-corrected chi connectivity index (χ4v) is 3.22. The zero-order chi connectivity index (χ0) is 12.3. The Morgan fingerprint density at radius 1 is 1.29 bits per heavy atom. The van der Waals surface area contributed by atoms with Crippen molar-refractivity contribution in [2.24, 2.45) is 5.73 Å². The molecular formula is C13H15BrN2S. The number of hydrogen-bond acceptors (Lipinski definition) is 3. The van der Waals surface area contributed by atoms with Gasteiger partial charge in [-0.25, -0.2) is 4.98 Å². The molecule has 17 heavy (non-hydrogen) atoms. The normalized spacial score (nSPS) is 10.8. The van der Waals surface area contributed by atoms with Gasteiger partial charge in [0.05, 0.1) is 9.48 Å². The van der Waals surface area contributed by atoms with E-state index >= 15 is 0 Å². The lowest BCUT2D eigenvalue weighted by Crippen LogP contribution is -1.96. The Kier molecular flexibility index (Phi) is 4.31. The number of benzene rings is 1. The SMILES string of the molecule is CCCc1ccc(-c2nc(CN)c(Br)s2)cc1. The minimum absolute atomic E-state index is 0.477. The van der Waals surface area contributed by atoms with Crippen LogP contribution in [0.2, 0.25) is 0 Å². The summed E-state index contributed by atoms with van der Waals surface area (Å²) in [5.74, 6) is 0. The van der Waals surface area contributed by atoms with Gasteiger partial charge in [0.1, 0.15) is 5.01 Å². The first-order valence-electron chi connectivity index (χ1n) is 5.69. The van der Waals surface area contributed by atoms with Crippen LogP contribution in [0.3, 0.4) is 0 Å². The molecule has 2 nitrogen and oxygen atoms in total. The van der Waals surface area contributed by atoms with Gasteiger partial charge in [-0.2, -0.15) is 0 Å². The average Bonchev–Trinajstić information content (AvgIpc) is 2.72. The molecule has 0 radical (unpaired) electrons. The molecule has 0 aliphatic rings. The highest BCUT2D eigenvalue weighted by Crippen LogP contribution is 2.31. The molecule has 2 rings (SSSR count). The van der Waals surface area contributed by atoms with Crippen LogP contribution >= 0.6 is 27.3 Å². The Hall–Kier alpha value is -0.710. The van der Waals surface area contributed by atoms with Crippen molar-refractivity contribution >= 4 is 27.3 Å². The Morgan fingerprint density at radius 2 is 2.00 bits per heavy atom. The van der Waals surface area contributed by atoms with Gasteiger partial charge in [0.2, 0.25) is 0 Å². The van der Waals surface area contributed by atoms with Gasteiger partial charge in [-0.1, -0.05) is 37.6 Å². The zero-order valence-corrected chi connectivity index (χ0v) is 12.1. The highest BCUT2D eigenvalue weighted by molar-refractivity contribution is 9.11. The molecule has 0 unspecified atom stereocenters. The molecule has 90 valence electrons. The maximum Gasteiger partial charge on any atom is 0.124 e. The van der Waals surface area contributed by atoms with Gasteiger partial charge in [-0.3, -0.25) is 0 Å². The van der Waals surface area contributed by atoms with E-state index in [4.69, 9.17) is 5.73 Å². The highest BCUT2D eigenvalue weighted by Gasteiger charge is 2.08. The molecule has 1 heterocycles. The van der Waals surface area contributed by atoms with Crippen LogP contribution in [0.4, 0.5) is 0 Å². The summed E-state index contributed by atoms with van der Waals surface area (Å²) in [5.41, 5.74) is 9.10. The van der Waals surface area contributed by atoms with E-state index in [1.807, 2.05) is 0 Å². The first-order chi connectivity index (χ1) is 8.24. The minimum atomic E-state index is 0.477. The number of thiazole rings is 1. The van der Waals surface area contributed by atoms with Crippen molar-refractivity contribution in [3.8, 4) is 10.6 Å². The van der Waals surface area contributed by atoms with Gasteiger partial charge < -0.3 is 5.73 Å². The van der Waals surface area contributed by atoms with Crippen LogP contribution in [0.5, 0.6) is 0 Å². The van der Waals surface area contributed by atoms with Crippen LogP contribution in [-0.2, 0) is 13.0 Å². The standard InChI is InChI=1S/C13H15BrN2S/c1-2-3-9-4-6-10(7-5-9)13-16-11(8-15)12(14)17-13/h4-7H,2-3,8,15H2,1H3. The fourth-order valence-electron chi connectivity index (χ4n) is 1.69. The quantitative estimate of drug-likeness (QED) is 0.927. The van der Waals surface area contributed by atoms with E-state index in [9.17, 15) is 0 Å². The van der Waals surface area contributed by atoms with Gasteiger partial charge >= 0.3 is 0 Å². The van der Waals surface area contributed by atoms with Crippen molar-refractivity contribution in [3.63, 3.8) is 0 Å². The summed E-state index contributed by atoms with van der Waals surface area (Å²) in [5, 5.41) is 1.03. The molecule has 0 saturated heterocycles. The lowest BCUT2D eigenvalue weighted by molar-refractivity contribution is 0.922. The topological polar surface area (TPSA) is 38.9 Å². The predicted octanol–water partition coefficient (Wildman–Crippen LogP) is 3.98.